The number of rotatable bonds is 3. The van der Waals surface area contributed by atoms with Crippen molar-refractivity contribution in [3.8, 4) is 0 Å². The van der Waals surface area contributed by atoms with Crippen LogP contribution in [-0.4, -0.2) is 12.5 Å². The van der Waals surface area contributed by atoms with Gasteiger partial charge in [-0.05, 0) is 40.9 Å². The van der Waals surface area contributed by atoms with Gasteiger partial charge in [0.2, 0.25) is 5.91 Å². The minimum Gasteiger partial charge on any atom is -0.329 e. The topological polar surface area (TPSA) is 55.1 Å². The van der Waals surface area contributed by atoms with E-state index in [1.165, 1.54) is 12.1 Å². The molecule has 2 rings (SSSR count). The highest BCUT2D eigenvalue weighted by atomic mass is 79.9. The fourth-order valence-electron chi connectivity index (χ4n) is 2.48. The Morgan fingerprint density at radius 3 is 2.63 bits per heavy atom. The molecule has 3 N–H and O–H groups in total. The fourth-order valence-corrected chi connectivity index (χ4v) is 3.38. The van der Waals surface area contributed by atoms with Gasteiger partial charge in [-0.15, -0.1) is 0 Å². The van der Waals surface area contributed by atoms with Gasteiger partial charge in [0.1, 0.15) is 5.82 Å². The van der Waals surface area contributed by atoms with Crippen LogP contribution in [0.3, 0.4) is 0 Å². The summed E-state index contributed by atoms with van der Waals surface area (Å²) in [6, 6.07) is 2.44. The standard InChI is InChI=1S/C13H15BrClFN2O/c14-9-5-8(16)6-10(15)11(9)18-12(19)13(7-17)3-1-2-4-13/h5-6H,1-4,7,17H2,(H,18,19). The van der Waals surface area contributed by atoms with Crippen LogP contribution in [0.25, 0.3) is 0 Å². The number of hydrogen-bond donors (Lipinski definition) is 2. The number of anilines is 1. The average Bonchev–Trinajstić information content (AvgIpc) is 2.83. The Morgan fingerprint density at radius 2 is 2.11 bits per heavy atom. The summed E-state index contributed by atoms with van der Waals surface area (Å²) in [7, 11) is 0. The molecule has 0 saturated heterocycles. The first-order valence-electron chi connectivity index (χ1n) is 6.14. The lowest BCUT2D eigenvalue weighted by Crippen LogP contribution is -2.40. The van der Waals surface area contributed by atoms with E-state index in [-0.39, 0.29) is 10.9 Å². The molecule has 0 heterocycles. The van der Waals surface area contributed by atoms with Crippen LogP contribution in [0.15, 0.2) is 16.6 Å². The normalized spacial score (nSPS) is 17.5. The molecule has 6 heteroatoms. The molecule has 0 radical (unpaired) electrons. The van der Waals surface area contributed by atoms with Crippen molar-refractivity contribution in [2.45, 2.75) is 25.7 Å². The SMILES string of the molecule is NCC1(C(=O)Nc2c(Cl)cc(F)cc2Br)CCCC1. The average molecular weight is 350 g/mol. The molecule has 0 spiro atoms. The molecule has 0 aromatic heterocycles. The highest BCUT2D eigenvalue weighted by Gasteiger charge is 2.40. The van der Waals surface area contributed by atoms with Gasteiger partial charge in [-0.3, -0.25) is 4.79 Å². The number of benzene rings is 1. The number of hydrogen-bond acceptors (Lipinski definition) is 2. The Hall–Kier alpha value is -0.650. The highest BCUT2D eigenvalue weighted by molar-refractivity contribution is 9.10. The number of carbonyl (C=O) groups excluding carboxylic acids is 1. The summed E-state index contributed by atoms with van der Waals surface area (Å²) < 4.78 is 13.6. The molecule has 3 nitrogen and oxygen atoms in total. The van der Waals surface area contributed by atoms with Gasteiger partial charge in [-0.1, -0.05) is 24.4 Å². The molecular formula is C13H15BrClFN2O. The molecule has 1 fully saturated rings. The van der Waals surface area contributed by atoms with Crippen LogP contribution in [0.1, 0.15) is 25.7 Å². The lowest BCUT2D eigenvalue weighted by molar-refractivity contribution is -0.124. The largest absolute Gasteiger partial charge is 0.329 e. The molecule has 1 aromatic rings. The molecule has 104 valence electrons. The van der Waals surface area contributed by atoms with E-state index in [1.54, 1.807) is 0 Å². The second-order valence-electron chi connectivity index (χ2n) is 4.89. The molecule has 0 aliphatic heterocycles. The monoisotopic (exact) mass is 348 g/mol. The lowest BCUT2D eigenvalue weighted by atomic mass is 9.85. The van der Waals surface area contributed by atoms with E-state index in [4.69, 9.17) is 17.3 Å². The summed E-state index contributed by atoms with van der Waals surface area (Å²) in [5.41, 5.74) is 5.64. The third kappa shape index (κ3) is 2.93. The molecule has 0 unspecified atom stereocenters. The van der Waals surface area contributed by atoms with Crippen LogP contribution >= 0.6 is 27.5 Å². The number of carbonyl (C=O) groups is 1. The Bertz CT molecular complexity index is 480. The van der Waals surface area contributed by atoms with E-state index in [2.05, 4.69) is 21.2 Å². The van der Waals surface area contributed by atoms with E-state index < -0.39 is 11.2 Å². The van der Waals surface area contributed by atoms with E-state index in [0.29, 0.717) is 16.7 Å². The molecule has 0 atom stereocenters. The zero-order valence-electron chi connectivity index (χ0n) is 10.3. The van der Waals surface area contributed by atoms with E-state index in [1.807, 2.05) is 0 Å². The van der Waals surface area contributed by atoms with Crippen molar-refractivity contribution in [1.82, 2.24) is 0 Å². The fraction of sp³-hybridized carbons (Fsp3) is 0.462. The Balaban J connectivity index is 2.24. The third-order valence-electron chi connectivity index (χ3n) is 3.68. The van der Waals surface area contributed by atoms with Crippen LogP contribution in [0, 0.1) is 11.2 Å². The first-order valence-corrected chi connectivity index (χ1v) is 7.32. The van der Waals surface area contributed by atoms with E-state index in [9.17, 15) is 9.18 Å². The number of nitrogens with one attached hydrogen (secondary N) is 1. The molecular weight excluding hydrogens is 335 g/mol. The predicted molar refractivity (Wildman–Crippen MR) is 77.7 cm³/mol. The Morgan fingerprint density at radius 1 is 1.47 bits per heavy atom. The second kappa shape index (κ2) is 5.77. The maximum atomic E-state index is 13.1. The number of halogens is 3. The van der Waals surface area contributed by atoms with Crippen LogP contribution in [-0.2, 0) is 4.79 Å². The summed E-state index contributed by atoms with van der Waals surface area (Å²) >= 11 is 9.16. The zero-order chi connectivity index (χ0) is 14.0. The summed E-state index contributed by atoms with van der Waals surface area (Å²) in [5.74, 6) is -0.592. The van der Waals surface area contributed by atoms with Gasteiger partial charge in [0.05, 0.1) is 16.1 Å². The summed E-state index contributed by atoms with van der Waals surface area (Å²) in [6.45, 7) is 0.315. The zero-order valence-corrected chi connectivity index (χ0v) is 12.7. The summed E-state index contributed by atoms with van der Waals surface area (Å²) in [4.78, 5) is 12.4. The maximum absolute atomic E-state index is 13.1. The van der Waals surface area contributed by atoms with Crippen molar-refractivity contribution in [1.29, 1.82) is 0 Å². The minimum atomic E-state index is -0.517. The van der Waals surface area contributed by atoms with Gasteiger partial charge in [0.15, 0.2) is 0 Å². The molecule has 0 bridgehead atoms. The van der Waals surface area contributed by atoms with Gasteiger partial charge >= 0.3 is 0 Å². The van der Waals surface area contributed by atoms with Gasteiger partial charge < -0.3 is 11.1 Å². The first-order chi connectivity index (χ1) is 8.98. The van der Waals surface area contributed by atoms with Crippen LogP contribution in [0.2, 0.25) is 5.02 Å². The van der Waals surface area contributed by atoms with Crippen molar-refractivity contribution in [2.24, 2.45) is 11.1 Å². The van der Waals surface area contributed by atoms with E-state index >= 15 is 0 Å². The van der Waals surface area contributed by atoms with E-state index in [0.717, 1.165) is 25.7 Å². The van der Waals surface area contributed by atoms with Crippen molar-refractivity contribution in [3.05, 3.63) is 27.4 Å². The van der Waals surface area contributed by atoms with Crippen molar-refractivity contribution in [3.63, 3.8) is 0 Å². The summed E-state index contributed by atoms with van der Waals surface area (Å²) in [6.07, 6.45) is 3.57. The van der Waals surface area contributed by atoms with Crippen molar-refractivity contribution < 1.29 is 9.18 Å². The van der Waals surface area contributed by atoms with Gasteiger partial charge in [-0.25, -0.2) is 4.39 Å². The lowest BCUT2D eigenvalue weighted by Gasteiger charge is -2.26. The van der Waals surface area contributed by atoms with Gasteiger partial charge in [-0.2, -0.15) is 0 Å². The van der Waals surface area contributed by atoms with Crippen LogP contribution in [0.4, 0.5) is 10.1 Å². The molecule has 19 heavy (non-hydrogen) atoms. The molecule has 1 aromatic carbocycles. The summed E-state index contributed by atoms with van der Waals surface area (Å²) in [5, 5.41) is 2.95. The Labute approximate surface area is 124 Å². The minimum absolute atomic E-state index is 0.137. The Kier molecular flexibility index (Phi) is 4.48. The highest BCUT2D eigenvalue weighted by Crippen LogP contribution is 2.40. The number of amides is 1. The third-order valence-corrected chi connectivity index (χ3v) is 4.60. The number of nitrogens with two attached hydrogens (primary N) is 1. The van der Waals surface area contributed by atoms with Crippen molar-refractivity contribution in [2.75, 3.05) is 11.9 Å². The predicted octanol–water partition coefficient (Wildman–Crippen LogP) is 3.70. The molecule has 1 aliphatic carbocycles. The van der Waals surface area contributed by atoms with Crippen LogP contribution < -0.4 is 11.1 Å². The molecule has 1 amide bonds. The maximum Gasteiger partial charge on any atom is 0.231 e. The van der Waals surface area contributed by atoms with Gasteiger partial charge in [0, 0.05) is 11.0 Å². The second-order valence-corrected chi connectivity index (χ2v) is 6.15. The first kappa shape index (κ1) is 14.8. The molecule has 1 saturated carbocycles. The quantitative estimate of drug-likeness (QED) is 0.874. The van der Waals surface area contributed by atoms with Crippen molar-refractivity contribution >= 4 is 39.1 Å². The smallest absolute Gasteiger partial charge is 0.231 e. The van der Waals surface area contributed by atoms with Gasteiger partial charge in [0.25, 0.3) is 0 Å². The molecule has 1 aliphatic rings. The van der Waals surface area contributed by atoms with Crippen LogP contribution in [0.5, 0.6) is 0 Å².